The number of aliphatic hydroxyl groups is 1. The maximum Gasteiger partial charge on any atom is 0.255 e. The van der Waals surface area contributed by atoms with E-state index in [1.54, 1.807) is 24.9 Å². The summed E-state index contributed by atoms with van der Waals surface area (Å²) >= 11 is 1.35. The van der Waals surface area contributed by atoms with Crippen LogP contribution in [0.4, 0.5) is 0 Å². The van der Waals surface area contributed by atoms with Gasteiger partial charge in [0.05, 0.1) is 22.9 Å². The van der Waals surface area contributed by atoms with Crippen molar-refractivity contribution in [3.63, 3.8) is 0 Å². The third-order valence-corrected chi connectivity index (χ3v) is 4.95. The first-order chi connectivity index (χ1) is 9.88. The second kappa shape index (κ2) is 5.03. The SMILES string of the molecule is Cc1nsc2ncc(C(=O)N3CCCC3C(C)(C)O)cc12. The maximum atomic E-state index is 12.7. The molecule has 6 heteroatoms. The van der Waals surface area contributed by atoms with E-state index in [0.29, 0.717) is 12.1 Å². The Morgan fingerprint density at radius 3 is 3.00 bits per heavy atom. The van der Waals surface area contributed by atoms with Crippen molar-refractivity contribution in [1.29, 1.82) is 0 Å². The van der Waals surface area contributed by atoms with Gasteiger partial charge in [0.2, 0.25) is 0 Å². The molecular formula is C15H19N3O2S. The number of carbonyl (C=O) groups excluding carboxylic acids is 1. The average Bonchev–Trinajstić information content (AvgIpc) is 3.04. The predicted molar refractivity (Wildman–Crippen MR) is 82.5 cm³/mol. The molecule has 21 heavy (non-hydrogen) atoms. The fraction of sp³-hybridized carbons (Fsp3) is 0.533. The Morgan fingerprint density at radius 1 is 1.52 bits per heavy atom. The van der Waals surface area contributed by atoms with Crippen molar-refractivity contribution in [2.75, 3.05) is 6.54 Å². The van der Waals surface area contributed by atoms with Crippen molar-refractivity contribution in [1.82, 2.24) is 14.3 Å². The van der Waals surface area contributed by atoms with Gasteiger partial charge in [0.25, 0.3) is 5.91 Å². The fourth-order valence-electron chi connectivity index (χ4n) is 2.97. The zero-order valence-electron chi connectivity index (χ0n) is 12.5. The molecule has 1 atom stereocenters. The third kappa shape index (κ3) is 2.53. The maximum absolute atomic E-state index is 12.7. The molecule has 5 nitrogen and oxygen atoms in total. The van der Waals surface area contributed by atoms with Gasteiger partial charge < -0.3 is 10.0 Å². The highest BCUT2D eigenvalue weighted by Gasteiger charge is 2.38. The lowest BCUT2D eigenvalue weighted by Crippen LogP contribution is -2.48. The molecule has 1 aliphatic heterocycles. The third-order valence-electron chi connectivity index (χ3n) is 4.09. The number of aromatic nitrogens is 2. The highest BCUT2D eigenvalue weighted by Crippen LogP contribution is 2.29. The summed E-state index contributed by atoms with van der Waals surface area (Å²) in [5.74, 6) is -0.0559. The minimum Gasteiger partial charge on any atom is -0.388 e. The van der Waals surface area contributed by atoms with Gasteiger partial charge in [-0.15, -0.1) is 0 Å². The molecule has 0 aliphatic carbocycles. The highest BCUT2D eigenvalue weighted by atomic mass is 32.1. The normalized spacial score (nSPS) is 19.4. The molecule has 1 saturated heterocycles. The number of amides is 1. The van der Waals surface area contributed by atoms with Crippen molar-refractivity contribution >= 4 is 27.7 Å². The lowest BCUT2D eigenvalue weighted by Gasteiger charge is -2.33. The Labute approximate surface area is 127 Å². The van der Waals surface area contributed by atoms with Crippen LogP contribution in [0, 0.1) is 6.92 Å². The first kappa shape index (κ1) is 14.4. The molecule has 1 amide bonds. The summed E-state index contributed by atoms with van der Waals surface area (Å²) < 4.78 is 4.26. The number of hydrogen-bond acceptors (Lipinski definition) is 5. The van der Waals surface area contributed by atoms with E-state index >= 15 is 0 Å². The largest absolute Gasteiger partial charge is 0.388 e. The van der Waals surface area contributed by atoms with Gasteiger partial charge in [0, 0.05) is 18.1 Å². The van der Waals surface area contributed by atoms with Crippen LogP contribution < -0.4 is 0 Å². The van der Waals surface area contributed by atoms with Crippen LogP contribution in [0.25, 0.3) is 10.2 Å². The van der Waals surface area contributed by atoms with Crippen LogP contribution in [0.1, 0.15) is 42.7 Å². The van der Waals surface area contributed by atoms with Gasteiger partial charge >= 0.3 is 0 Å². The number of pyridine rings is 1. The Hall–Kier alpha value is -1.53. The van der Waals surface area contributed by atoms with E-state index in [2.05, 4.69) is 9.36 Å². The van der Waals surface area contributed by atoms with Gasteiger partial charge in [0.15, 0.2) is 0 Å². The number of nitrogens with zero attached hydrogens (tertiary/aromatic N) is 3. The smallest absolute Gasteiger partial charge is 0.255 e. The fourth-order valence-corrected chi connectivity index (χ4v) is 3.70. The van der Waals surface area contributed by atoms with E-state index in [0.717, 1.165) is 28.8 Å². The summed E-state index contributed by atoms with van der Waals surface area (Å²) in [7, 11) is 0. The molecule has 3 rings (SSSR count). The molecular weight excluding hydrogens is 286 g/mol. The molecule has 2 aromatic heterocycles. The van der Waals surface area contributed by atoms with Gasteiger partial charge in [0.1, 0.15) is 4.83 Å². The monoisotopic (exact) mass is 305 g/mol. The van der Waals surface area contributed by atoms with Crippen molar-refractivity contribution in [2.24, 2.45) is 0 Å². The lowest BCUT2D eigenvalue weighted by molar-refractivity contribution is 0.000327. The number of fused-ring (bicyclic) bond motifs is 1. The molecule has 0 aromatic carbocycles. The number of aryl methyl sites for hydroxylation is 1. The molecule has 1 N–H and O–H groups in total. The van der Waals surface area contributed by atoms with Crippen LogP contribution in [0.2, 0.25) is 0 Å². The van der Waals surface area contributed by atoms with Gasteiger partial charge in [-0.1, -0.05) is 0 Å². The molecule has 2 aromatic rings. The van der Waals surface area contributed by atoms with E-state index in [1.807, 2.05) is 13.0 Å². The number of likely N-dealkylation sites (tertiary alicyclic amines) is 1. The number of rotatable bonds is 2. The minimum absolute atomic E-state index is 0.0559. The molecule has 0 saturated carbocycles. The van der Waals surface area contributed by atoms with Crippen molar-refractivity contribution < 1.29 is 9.90 Å². The second-order valence-electron chi connectivity index (χ2n) is 6.15. The Kier molecular flexibility index (Phi) is 3.45. The van der Waals surface area contributed by atoms with E-state index in [9.17, 15) is 9.90 Å². The summed E-state index contributed by atoms with van der Waals surface area (Å²) in [6, 6.07) is 1.73. The molecule has 1 unspecified atom stereocenters. The van der Waals surface area contributed by atoms with Crippen LogP contribution >= 0.6 is 11.5 Å². The van der Waals surface area contributed by atoms with Crippen molar-refractivity contribution in [2.45, 2.75) is 45.3 Å². The Balaban J connectivity index is 1.94. The zero-order chi connectivity index (χ0) is 15.2. The van der Waals surface area contributed by atoms with E-state index in [-0.39, 0.29) is 11.9 Å². The molecule has 1 fully saturated rings. The summed E-state index contributed by atoms with van der Waals surface area (Å²) in [6.45, 7) is 6.13. The molecule has 3 heterocycles. The lowest BCUT2D eigenvalue weighted by atomic mass is 9.96. The Morgan fingerprint density at radius 2 is 2.29 bits per heavy atom. The highest BCUT2D eigenvalue weighted by molar-refractivity contribution is 7.12. The number of hydrogen-bond donors (Lipinski definition) is 1. The molecule has 112 valence electrons. The summed E-state index contributed by atoms with van der Waals surface area (Å²) in [6.07, 6.45) is 3.38. The van der Waals surface area contributed by atoms with E-state index < -0.39 is 5.60 Å². The van der Waals surface area contributed by atoms with Gasteiger partial charge in [-0.3, -0.25) is 4.79 Å². The first-order valence-corrected chi connectivity index (χ1v) is 7.90. The molecule has 0 spiro atoms. The van der Waals surface area contributed by atoms with E-state index in [1.165, 1.54) is 11.5 Å². The predicted octanol–water partition coefficient (Wildman–Crippen LogP) is 2.38. The van der Waals surface area contributed by atoms with Crippen LogP contribution in [-0.2, 0) is 0 Å². The second-order valence-corrected chi connectivity index (χ2v) is 6.91. The van der Waals surface area contributed by atoms with Crippen molar-refractivity contribution in [3.05, 3.63) is 23.5 Å². The molecule has 0 bridgehead atoms. The number of carbonyl (C=O) groups is 1. The van der Waals surface area contributed by atoms with Crippen molar-refractivity contribution in [3.8, 4) is 0 Å². The van der Waals surface area contributed by atoms with Crippen LogP contribution in [-0.4, -0.2) is 43.5 Å². The van der Waals surface area contributed by atoms with E-state index in [4.69, 9.17) is 0 Å². The van der Waals surface area contributed by atoms with Gasteiger partial charge in [-0.25, -0.2) is 4.98 Å². The summed E-state index contributed by atoms with van der Waals surface area (Å²) in [5, 5.41) is 11.2. The van der Waals surface area contributed by atoms with Crippen LogP contribution in [0.15, 0.2) is 12.3 Å². The summed E-state index contributed by atoms with van der Waals surface area (Å²) in [4.78, 5) is 19.7. The standard InChI is InChI=1S/C15H19N3O2S/c1-9-11-7-10(8-16-13(11)21-17-9)14(19)18-6-4-5-12(18)15(2,3)20/h7-8,12,20H,4-6H2,1-3H3. The van der Waals surface area contributed by atoms with Gasteiger partial charge in [-0.2, -0.15) is 4.37 Å². The first-order valence-electron chi connectivity index (χ1n) is 7.13. The quantitative estimate of drug-likeness (QED) is 0.925. The average molecular weight is 305 g/mol. The topological polar surface area (TPSA) is 66.3 Å². The van der Waals surface area contributed by atoms with Gasteiger partial charge in [-0.05, 0) is 51.2 Å². The zero-order valence-corrected chi connectivity index (χ0v) is 13.3. The minimum atomic E-state index is -0.885. The van der Waals surface area contributed by atoms with Crippen LogP contribution in [0.5, 0.6) is 0 Å². The Bertz CT molecular complexity index is 690. The molecule has 0 radical (unpaired) electrons. The van der Waals surface area contributed by atoms with Crippen LogP contribution in [0.3, 0.4) is 0 Å². The summed E-state index contributed by atoms with van der Waals surface area (Å²) in [5.41, 5.74) is 0.586. The molecule has 1 aliphatic rings.